The Kier molecular flexibility index (Phi) is 4.60. The minimum absolute atomic E-state index is 0.105. The Labute approximate surface area is 181 Å². The standard InChI is InChI=1S/C23H16N2O4S2/c1-31(27,28)16-8-9-18-22(12-16)30-23(24-18)25-19-13-21(14-5-3-2-4-6-14)29-20-10-7-15(26)11-17(19)20/h2-13,26H,1H3. The van der Waals surface area contributed by atoms with E-state index in [-0.39, 0.29) is 10.6 Å². The molecule has 0 aliphatic heterocycles. The third-order valence-corrected chi connectivity index (χ3v) is 6.80. The van der Waals surface area contributed by atoms with Gasteiger partial charge in [0.1, 0.15) is 17.1 Å². The van der Waals surface area contributed by atoms with Crippen molar-refractivity contribution in [3.63, 3.8) is 0 Å². The molecule has 3 aromatic carbocycles. The average molecular weight is 449 g/mol. The monoisotopic (exact) mass is 448 g/mol. The zero-order chi connectivity index (χ0) is 21.6. The van der Waals surface area contributed by atoms with Gasteiger partial charge in [-0.2, -0.15) is 0 Å². The molecule has 0 bridgehead atoms. The second kappa shape index (κ2) is 7.33. The highest BCUT2D eigenvalue weighted by Crippen LogP contribution is 2.30. The summed E-state index contributed by atoms with van der Waals surface area (Å²) in [4.78, 5) is 9.48. The van der Waals surface area contributed by atoms with E-state index in [0.717, 1.165) is 10.3 Å². The van der Waals surface area contributed by atoms with Gasteiger partial charge in [-0.05, 0) is 36.4 Å². The summed E-state index contributed by atoms with van der Waals surface area (Å²) < 4.78 is 30.5. The Morgan fingerprint density at radius 1 is 1.00 bits per heavy atom. The first kappa shape index (κ1) is 19.5. The highest BCUT2D eigenvalue weighted by molar-refractivity contribution is 7.90. The van der Waals surface area contributed by atoms with E-state index in [1.165, 1.54) is 17.6 Å². The van der Waals surface area contributed by atoms with E-state index in [4.69, 9.17) is 9.41 Å². The number of sulfone groups is 1. The van der Waals surface area contributed by atoms with Crippen molar-refractivity contribution in [3.8, 4) is 17.1 Å². The van der Waals surface area contributed by atoms with Gasteiger partial charge in [0.05, 0.1) is 20.5 Å². The molecule has 0 unspecified atom stereocenters. The van der Waals surface area contributed by atoms with Crippen molar-refractivity contribution >= 4 is 47.5 Å². The number of aromatic nitrogens is 1. The molecule has 5 rings (SSSR count). The highest BCUT2D eigenvalue weighted by atomic mass is 32.2. The molecule has 0 saturated heterocycles. The van der Waals surface area contributed by atoms with Crippen LogP contribution in [0.4, 0.5) is 5.13 Å². The minimum Gasteiger partial charge on any atom is -0.508 e. The maximum atomic E-state index is 11.9. The average Bonchev–Trinajstić information content (AvgIpc) is 3.15. The fourth-order valence-electron chi connectivity index (χ4n) is 3.27. The summed E-state index contributed by atoms with van der Waals surface area (Å²) in [5, 5.41) is 11.7. The molecule has 0 aliphatic carbocycles. The third-order valence-electron chi connectivity index (χ3n) is 4.78. The molecule has 0 amide bonds. The van der Waals surface area contributed by atoms with Gasteiger partial charge in [0.2, 0.25) is 5.13 Å². The van der Waals surface area contributed by atoms with Crippen LogP contribution in [0.25, 0.3) is 32.5 Å². The molecule has 0 radical (unpaired) electrons. The summed E-state index contributed by atoms with van der Waals surface area (Å²) >= 11 is 1.30. The van der Waals surface area contributed by atoms with E-state index in [1.54, 1.807) is 36.4 Å². The summed E-state index contributed by atoms with van der Waals surface area (Å²) in [6.07, 6.45) is 1.18. The number of benzene rings is 3. The van der Waals surface area contributed by atoms with Crippen LogP contribution in [0.3, 0.4) is 0 Å². The number of fused-ring (bicyclic) bond motifs is 2. The zero-order valence-corrected chi connectivity index (χ0v) is 17.9. The van der Waals surface area contributed by atoms with Gasteiger partial charge in [-0.15, -0.1) is 0 Å². The van der Waals surface area contributed by atoms with Gasteiger partial charge in [0.25, 0.3) is 0 Å². The van der Waals surface area contributed by atoms with E-state index in [0.29, 0.717) is 32.7 Å². The normalized spacial score (nSPS) is 12.6. The number of phenols is 1. The van der Waals surface area contributed by atoms with Gasteiger partial charge in [0, 0.05) is 23.3 Å². The van der Waals surface area contributed by atoms with E-state index in [1.807, 2.05) is 36.4 Å². The Bertz CT molecular complexity index is 1620. The second-order valence-electron chi connectivity index (χ2n) is 7.05. The number of rotatable bonds is 3. The number of aromatic hydroxyl groups is 1. The number of phenolic OH excluding ortho intramolecular Hbond substituents is 1. The lowest BCUT2D eigenvalue weighted by molar-refractivity contribution is 0.475. The summed E-state index contributed by atoms with van der Waals surface area (Å²) in [6, 6.07) is 21.2. The van der Waals surface area contributed by atoms with E-state index >= 15 is 0 Å². The van der Waals surface area contributed by atoms with Gasteiger partial charge in [-0.25, -0.2) is 18.4 Å². The predicted octanol–water partition coefficient (Wildman–Crippen LogP) is 5.05. The van der Waals surface area contributed by atoms with Gasteiger partial charge >= 0.3 is 0 Å². The zero-order valence-electron chi connectivity index (χ0n) is 16.3. The van der Waals surface area contributed by atoms with Crippen molar-refractivity contribution in [1.29, 1.82) is 0 Å². The lowest BCUT2D eigenvalue weighted by Crippen LogP contribution is -2.03. The first-order chi connectivity index (χ1) is 14.9. The van der Waals surface area contributed by atoms with Crippen LogP contribution >= 0.6 is 11.3 Å². The van der Waals surface area contributed by atoms with Crippen LogP contribution in [0.2, 0.25) is 0 Å². The van der Waals surface area contributed by atoms with Crippen LogP contribution in [0, 0.1) is 0 Å². The third kappa shape index (κ3) is 3.83. The van der Waals surface area contributed by atoms with Gasteiger partial charge in [-0.1, -0.05) is 41.7 Å². The van der Waals surface area contributed by atoms with Crippen LogP contribution in [-0.4, -0.2) is 24.8 Å². The maximum absolute atomic E-state index is 11.9. The molecule has 0 aliphatic rings. The van der Waals surface area contributed by atoms with Crippen molar-refractivity contribution < 1.29 is 17.9 Å². The van der Waals surface area contributed by atoms with E-state index in [9.17, 15) is 13.5 Å². The summed E-state index contributed by atoms with van der Waals surface area (Å²) in [5.41, 5.74) is 2.15. The molecule has 31 heavy (non-hydrogen) atoms. The predicted molar refractivity (Wildman–Crippen MR) is 121 cm³/mol. The second-order valence-corrected chi connectivity index (χ2v) is 10.1. The largest absolute Gasteiger partial charge is 0.508 e. The van der Waals surface area contributed by atoms with Gasteiger partial charge in [0.15, 0.2) is 9.84 Å². The number of thiazole rings is 1. The summed E-state index contributed by atoms with van der Waals surface area (Å²) in [6.45, 7) is 0. The number of nitrogens with zero attached hydrogens (tertiary/aromatic N) is 2. The van der Waals surface area contributed by atoms with Crippen LogP contribution in [-0.2, 0) is 9.84 Å². The maximum Gasteiger partial charge on any atom is 0.210 e. The smallest absolute Gasteiger partial charge is 0.210 e. The lowest BCUT2D eigenvalue weighted by atomic mass is 10.1. The molecule has 6 nitrogen and oxygen atoms in total. The molecular weight excluding hydrogens is 432 g/mol. The molecule has 1 N–H and O–H groups in total. The van der Waals surface area contributed by atoms with Gasteiger partial charge in [-0.3, -0.25) is 0 Å². The molecule has 2 aromatic heterocycles. The van der Waals surface area contributed by atoms with Crippen LogP contribution in [0.5, 0.6) is 5.75 Å². The van der Waals surface area contributed by atoms with E-state index < -0.39 is 9.84 Å². The molecule has 5 aromatic rings. The topological polar surface area (TPSA) is 92.8 Å². The van der Waals surface area contributed by atoms with Crippen molar-refractivity contribution in [2.24, 2.45) is 4.99 Å². The molecule has 0 spiro atoms. The number of hydrogen-bond acceptors (Lipinski definition) is 7. The highest BCUT2D eigenvalue weighted by Gasteiger charge is 2.12. The molecule has 0 fully saturated rings. The number of hydrogen-bond donors (Lipinski definition) is 1. The Hall–Kier alpha value is -3.49. The fourth-order valence-corrected chi connectivity index (χ4v) is 4.88. The Morgan fingerprint density at radius 2 is 1.81 bits per heavy atom. The molecular formula is C23H16N2O4S2. The molecule has 2 heterocycles. The lowest BCUT2D eigenvalue weighted by Gasteiger charge is -2.05. The molecule has 0 saturated carbocycles. The first-order valence-corrected chi connectivity index (χ1v) is 12.1. The Balaban J connectivity index is 1.74. The fraction of sp³-hybridized carbons (Fsp3) is 0.0435. The molecule has 0 atom stereocenters. The van der Waals surface area contributed by atoms with Crippen LogP contribution < -0.4 is 5.36 Å². The van der Waals surface area contributed by atoms with Crippen molar-refractivity contribution in [2.45, 2.75) is 4.90 Å². The van der Waals surface area contributed by atoms with Crippen LogP contribution in [0.15, 0.2) is 87.1 Å². The van der Waals surface area contributed by atoms with E-state index in [2.05, 4.69) is 4.98 Å². The molecule has 154 valence electrons. The van der Waals surface area contributed by atoms with Crippen molar-refractivity contribution in [1.82, 2.24) is 4.98 Å². The summed E-state index contributed by atoms with van der Waals surface area (Å²) in [7, 11) is -3.31. The Morgan fingerprint density at radius 3 is 2.58 bits per heavy atom. The van der Waals surface area contributed by atoms with Crippen LogP contribution in [0.1, 0.15) is 0 Å². The SMILES string of the molecule is CS(=O)(=O)c1ccc2nc(N=c3cc(-c4ccccc4)oc4ccc(O)cc34)sc2c1. The van der Waals surface area contributed by atoms with Crippen molar-refractivity contribution in [3.05, 3.63) is 78.2 Å². The summed E-state index contributed by atoms with van der Waals surface area (Å²) in [5.74, 6) is 0.742. The van der Waals surface area contributed by atoms with Crippen molar-refractivity contribution in [2.75, 3.05) is 6.26 Å². The quantitative estimate of drug-likeness (QED) is 0.417. The van der Waals surface area contributed by atoms with Gasteiger partial charge < -0.3 is 9.52 Å². The molecule has 8 heteroatoms. The minimum atomic E-state index is -3.31. The first-order valence-electron chi connectivity index (χ1n) is 9.34.